The minimum atomic E-state index is -0.286. The fraction of sp³-hybridized carbons (Fsp3) is 0.333. The predicted molar refractivity (Wildman–Crippen MR) is 128 cm³/mol. The molecule has 4 aromatic rings. The maximum absolute atomic E-state index is 13.7. The van der Waals surface area contributed by atoms with Crippen LogP contribution in [0.15, 0.2) is 39.6 Å². The van der Waals surface area contributed by atoms with Gasteiger partial charge in [0.2, 0.25) is 5.65 Å². The molecule has 0 aliphatic carbocycles. The molecule has 8 nitrogen and oxygen atoms in total. The van der Waals surface area contributed by atoms with Gasteiger partial charge in [-0.15, -0.1) is 10.2 Å². The molecule has 1 fully saturated rings. The molecular formula is C24H22BrN5O3. The van der Waals surface area contributed by atoms with E-state index in [9.17, 15) is 9.59 Å². The average molecular weight is 508 g/mol. The molecule has 2 aromatic heterocycles. The van der Waals surface area contributed by atoms with Gasteiger partial charge in [-0.05, 0) is 67.6 Å². The van der Waals surface area contributed by atoms with E-state index >= 15 is 0 Å². The third-order valence-electron chi connectivity index (χ3n) is 6.72. The summed E-state index contributed by atoms with van der Waals surface area (Å²) in [6.07, 6.45) is 2.48. The first kappa shape index (κ1) is 20.6. The van der Waals surface area contributed by atoms with E-state index in [0.717, 1.165) is 51.9 Å². The minimum absolute atomic E-state index is 0.0458. The summed E-state index contributed by atoms with van der Waals surface area (Å²) >= 11 is 3.52. The molecule has 1 amide bonds. The van der Waals surface area contributed by atoms with Gasteiger partial charge < -0.3 is 14.6 Å². The highest BCUT2D eigenvalue weighted by molar-refractivity contribution is 9.10. The molecule has 4 heterocycles. The van der Waals surface area contributed by atoms with Crippen LogP contribution in [0.25, 0.3) is 16.7 Å². The van der Waals surface area contributed by atoms with Crippen LogP contribution in [0.4, 0.5) is 5.69 Å². The molecule has 1 saturated heterocycles. The van der Waals surface area contributed by atoms with E-state index < -0.39 is 0 Å². The minimum Gasteiger partial charge on any atom is -0.381 e. The molecule has 2 aromatic carbocycles. The van der Waals surface area contributed by atoms with Gasteiger partial charge in [-0.25, -0.2) is 0 Å². The van der Waals surface area contributed by atoms with Crippen LogP contribution >= 0.6 is 15.9 Å². The van der Waals surface area contributed by atoms with Crippen molar-refractivity contribution in [3.8, 4) is 0 Å². The van der Waals surface area contributed by atoms with Gasteiger partial charge in [0.25, 0.3) is 11.5 Å². The Morgan fingerprint density at radius 3 is 2.82 bits per heavy atom. The van der Waals surface area contributed by atoms with Crippen LogP contribution in [0.3, 0.4) is 0 Å². The number of fused-ring (bicyclic) bond motifs is 4. The molecule has 0 radical (unpaired) electrons. The summed E-state index contributed by atoms with van der Waals surface area (Å²) in [4.78, 5) is 31.1. The first-order valence-electron chi connectivity index (χ1n) is 11.1. The molecule has 0 spiro atoms. The van der Waals surface area contributed by atoms with Crippen LogP contribution in [0, 0.1) is 6.92 Å². The van der Waals surface area contributed by atoms with Crippen molar-refractivity contribution in [1.82, 2.24) is 19.6 Å². The number of carbonyl (C=O) groups excluding carboxylic acids is 1. The second-order valence-electron chi connectivity index (χ2n) is 8.72. The maximum Gasteiger partial charge on any atom is 0.294 e. The Bertz CT molecular complexity index is 1490. The molecule has 33 heavy (non-hydrogen) atoms. The quantitative estimate of drug-likeness (QED) is 0.446. The van der Waals surface area contributed by atoms with Crippen molar-refractivity contribution >= 4 is 44.2 Å². The number of ether oxygens (including phenoxy) is 1. The number of anilines is 1. The topological polar surface area (TPSA) is 92.6 Å². The van der Waals surface area contributed by atoms with Crippen LogP contribution in [0.1, 0.15) is 46.1 Å². The number of aryl methyl sites for hydroxylation is 1. The molecule has 0 atom stereocenters. The Labute approximate surface area is 197 Å². The number of rotatable bonds is 2. The second-order valence-corrected chi connectivity index (χ2v) is 9.64. The molecule has 2 aliphatic rings. The Kier molecular flexibility index (Phi) is 4.84. The number of hydrogen-bond acceptors (Lipinski definition) is 5. The fourth-order valence-electron chi connectivity index (χ4n) is 5.02. The number of aromatic nitrogens is 4. The lowest BCUT2D eigenvalue weighted by Crippen LogP contribution is -2.29. The fourth-order valence-corrected chi connectivity index (χ4v) is 5.43. The van der Waals surface area contributed by atoms with Crippen molar-refractivity contribution in [2.75, 3.05) is 24.7 Å². The van der Waals surface area contributed by atoms with Crippen molar-refractivity contribution in [3.63, 3.8) is 0 Å². The highest BCUT2D eigenvalue weighted by atomic mass is 79.9. The number of aromatic amines is 1. The van der Waals surface area contributed by atoms with Crippen molar-refractivity contribution in [2.24, 2.45) is 0 Å². The third-order valence-corrected chi connectivity index (χ3v) is 7.22. The Morgan fingerprint density at radius 1 is 1.18 bits per heavy atom. The lowest BCUT2D eigenvalue weighted by Gasteiger charge is -2.21. The van der Waals surface area contributed by atoms with E-state index in [-0.39, 0.29) is 23.0 Å². The molecule has 0 saturated carbocycles. The summed E-state index contributed by atoms with van der Waals surface area (Å²) in [6, 6.07) is 9.76. The van der Waals surface area contributed by atoms with E-state index in [1.165, 1.54) is 0 Å². The van der Waals surface area contributed by atoms with E-state index in [4.69, 9.17) is 4.74 Å². The standard InChI is InChI=1S/C24H22BrN5O3/c1-13-10-18-20(12-17(13)24(32)29-7-4-15-11-16(25)2-3-19(15)29)30-21(14-5-8-33-9-6-14)27-28-22(30)23(31)26-18/h2-3,10-12,14H,4-9H2,1H3,(H,26,31). The van der Waals surface area contributed by atoms with Gasteiger partial charge in [0, 0.05) is 41.4 Å². The molecule has 0 unspecified atom stereocenters. The van der Waals surface area contributed by atoms with Crippen LogP contribution in [-0.4, -0.2) is 45.2 Å². The van der Waals surface area contributed by atoms with E-state index in [2.05, 4.69) is 37.2 Å². The second kappa shape index (κ2) is 7.78. The highest BCUT2D eigenvalue weighted by Crippen LogP contribution is 2.33. The number of amides is 1. The largest absolute Gasteiger partial charge is 0.381 e. The Hall–Kier alpha value is -3.04. The van der Waals surface area contributed by atoms with Gasteiger partial charge in [0.15, 0.2) is 0 Å². The normalized spacial score (nSPS) is 16.6. The van der Waals surface area contributed by atoms with Crippen molar-refractivity contribution < 1.29 is 9.53 Å². The number of carbonyl (C=O) groups is 1. The van der Waals surface area contributed by atoms with Gasteiger partial charge in [-0.3, -0.25) is 14.0 Å². The summed E-state index contributed by atoms with van der Waals surface area (Å²) in [7, 11) is 0. The van der Waals surface area contributed by atoms with Crippen LogP contribution in [0.2, 0.25) is 0 Å². The predicted octanol–water partition coefficient (Wildman–Crippen LogP) is 3.74. The molecule has 0 bridgehead atoms. The molecule has 2 aliphatic heterocycles. The lowest BCUT2D eigenvalue weighted by atomic mass is 9.99. The van der Waals surface area contributed by atoms with Gasteiger partial charge in [-0.2, -0.15) is 0 Å². The first-order valence-corrected chi connectivity index (χ1v) is 11.9. The Balaban J connectivity index is 1.51. The zero-order valence-corrected chi connectivity index (χ0v) is 19.7. The molecule has 6 rings (SSSR count). The number of benzene rings is 2. The number of H-pyrrole nitrogens is 1. The van der Waals surface area contributed by atoms with Gasteiger partial charge >= 0.3 is 0 Å². The van der Waals surface area contributed by atoms with E-state index in [0.29, 0.717) is 30.8 Å². The summed E-state index contributed by atoms with van der Waals surface area (Å²) in [6.45, 7) is 3.87. The number of halogens is 1. The first-order chi connectivity index (χ1) is 16.0. The van der Waals surface area contributed by atoms with Crippen molar-refractivity contribution in [1.29, 1.82) is 0 Å². The molecule has 1 N–H and O–H groups in total. The zero-order chi connectivity index (χ0) is 22.7. The monoisotopic (exact) mass is 507 g/mol. The molecule has 9 heteroatoms. The van der Waals surface area contributed by atoms with Crippen LogP contribution < -0.4 is 10.5 Å². The summed E-state index contributed by atoms with van der Waals surface area (Å²) < 4.78 is 8.34. The summed E-state index contributed by atoms with van der Waals surface area (Å²) in [5.41, 5.74) is 4.89. The third kappa shape index (κ3) is 3.29. The average Bonchev–Trinajstić information content (AvgIpc) is 3.44. The molecular weight excluding hydrogens is 486 g/mol. The Morgan fingerprint density at radius 2 is 2.00 bits per heavy atom. The van der Waals surface area contributed by atoms with Gasteiger partial charge in [0.05, 0.1) is 11.0 Å². The van der Waals surface area contributed by atoms with Crippen molar-refractivity contribution in [2.45, 2.75) is 32.1 Å². The zero-order valence-electron chi connectivity index (χ0n) is 18.1. The summed E-state index contributed by atoms with van der Waals surface area (Å²) in [5, 5.41) is 8.56. The van der Waals surface area contributed by atoms with Crippen LogP contribution in [0.5, 0.6) is 0 Å². The van der Waals surface area contributed by atoms with E-state index in [1.807, 2.05) is 40.5 Å². The van der Waals surface area contributed by atoms with E-state index in [1.54, 1.807) is 0 Å². The van der Waals surface area contributed by atoms with Gasteiger partial charge in [-0.1, -0.05) is 15.9 Å². The lowest BCUT2D eigenvalue weighted by molar-refractivity contribution is 0.0834. The van der Waals surface area contributed by atoms with Crippen molar-refractivity contribution in [3.05, 3.63) is 67.7 Å². The SMILES string of the molecule is Cc1cc2[nH]c(=O)c3nnc(C4CCOCC4)n3c2cc1C(=O)N1CCc2cc(Br)ccc21. The van der Waals surface area contributed by atoms with Crippen LogP contribution in [-0.2, 0) is 11.2 Å². The molecule has 168 valence electrons. The number of hydrogen-bond donors (Lipinski definition) is 1. The number of nitrogens with zero attached hydrogens (tertiary/aromatic N) is 4. The maximum atomic E-state index is 13.7. The smallest absolute Gasteiger partial charge is 0.294 e. The summed E-state index contributed by atoms with van der Waals surface area (Å²) in [5.74, 6) is 0.863. The van der Waals surface area contributed by atoms with Gasteiger partial charge in [0.1, 0.15) is 5.82 Å². The number of nitrogens with one attached hydrogen (secondary N) is 1. The highest BCUT2D eigenvalue weighted by Gasteiger charge is 2.28.